The Balaban J connectivity index is 1.67. The molecule has 3 atom stereocenters. The lowest BCUT2D eigenvalue weighted by atomic mass is 9.66. The summed E-state index contributed by atoms with van der Waals surface area (Å²) in [6, 6.07) is 0. The van der Waals surface area contributed by atoms with E-state index >= 15 is 0 Å². The Morgan fingerprint density at radius 3 is 2.39 bits per heavy atom. The van der Waals surface area contributed by atoms with E-state index in [-0.39, 0.29) is 18.0 Å². The second-order valence-electron chi connectivity index (χ2n) is 8.25. The Bertz CT molecular complexity index is 511. The molecule has 3 aliphatic rings. The van der Waals surface area contributed by atoms with E-state index in [0.29, 0.717) is 12.8 Å². The molecule has 0 aromatic rings. The van der Waals surface area contributed by atoms with Crippen LogP contribution in [-0.2, 0) is 19.1 Å². The Hall–Kier alpha value is -1.10. The molecule has 1 saturated carbocycles. The molecule has 1 aliphatic carbocycles. The number of carbonyl (C=O) groups is 2. The summed E-state index contributed by atoms with van der Waals surface area (Å²) in [6.45, 7) is 10.7. The highest BCUT2D eigenvalue weighted by atomic mass is 16.6. The molecular formula is C18H29NO4. The summed E-state index contributed by atoms with van der Waals surface area (Å²) in [7, 11) is 0. The maximum atomic E-state index is 12.9. The Morgan fingerprint density at radius 2 is 1.87 bits per heavy atom. The summed E-state index contributed by atoms with van der Waals surface area (Å²) in [5.41, 5.74) is -2.21. The molecule has 23 heavy (non-hydrogen) atoms. The summed E-state index contributed by atoms with van der Waals surface area (Å²) in [4.78, 5) is 27.5. The lowest BCUT2D eigenvalue weighted by Crippen LogP contribution is -2.50. The quantitative estimate of drug-likeness (QED) is 0.744. The van der Waals surface area contributed by atoms with Crippen molar-refractivity contribution in [1.82, 2.24) is 4.90 Å². The molecule has 3 rings (SSSR count). The maximum Gasteiger partial charge on any atom is 0.351 e. The third-order valence-electron chi connectivity index (χ3n) is 6.69. The van der Waals surface area contributed by atoms with Crippen LogP contribution in [0.25, 0.3) is 0 Å². The molecule has 0 N–H and O–H groups in total. The van der Waals surface area contributed by atoms with Gasteiger partial charge in [0.15, 0.2) is 0 Å². The van der Waals surface area contributed by atoms with Crippen molar-refractivity contribution in [3.05, 3.63) is 0 Å². The number of carbonyl (C=O) groups excluding carboxylic acids is 2. The normalized spacial score (nSPS) is 37.5. The first-order chi connectivity index (χ1) is 10.7. The van der Waals surface area contributed by atoms with Crippen molar-refractivity contribution < 1.29 is 19.1 Å². The fraction of sp³-hybridized carbons (Fsp3) is 0.889. The van der Waals surface area contributed by atoms with Crippen LogP contribution in [0, 0.1) is 10.8 Å². The van der Waals surface area contributed by atoms with E-state index < -0.39 is 16.4 Å². The van der Waals surface area contributed by atoms with E-state index in [4.69, 9.17) is 9.47 Å². The van der Waals surface area contributed by atoms with Gasteiger partial charge in [0.2, 0.25) is 5.60 Å². The lowest BCUT2D eigenvalue weighted by Gasteiger charge is -2.36. The average molecular weight is 323 g/mol. The molecule has 5 nitrogen and oxygen atoms in total. The summed E-state index contributed by atoms with van der Waals surface area (Å²) in [5.74, 6) is -0.615. The molecule has 0 radical (unpaired) electrons. The van der Waals surface area contributed by atoms with Crippen molar-refractivity contribution in [2.75, 3.05) is 19.6 Å². The molecular weight excluding hydrogens is 294 g/mol. The molecule has 2 heterocycles. The summed E-state index contributed by atoms with van der Waals surface area (Å²) in [6.07, 6.45) is 4.79. The van der Waals surface area contributed by atoms with E-state index in [1.807, 2.05) is 27.7 Å². The largest absolute Gasteiger partial charge is 0.458 e. The van der Waals surface area contributed by atoms with Crippen molar-refractivity contribution in [3.63, 3.8) is 0 Å². The smallest absolute Gasteiger partial charge is 0.351 e. The van der Waals surface area contributed by atoms with Crippen molar-refractivity contribution in [2.24, 2.45) is 10.8 Å². The van der Waals surface area contributed by atoms with Gasteiger partial charge in [-0.05, 0) is 52.6 Å². The average Bonchev–Trinajstić information content (AvgIpc) is 2.78. The van der Waals surface area contributed by atoms with E-state index in [9.17, 15) is 9.59 Å². The van der Waals surface area contributed by atoms with Crippen LogP contribution in [-0.4, -0.2) is 48.2 Å². The number of hydrogen-bond acceptors (Lipinski definition) is 5. The number of nitrogens with zero attached hydrogens (tertiary/aromatic N) is 1. The number of hydrogen-bond donors (Lipinski definition) is 0. The second kappa shape index (κ2) is 5.47. The van der Waals surface area contributed by atoms with E-state index in [2.05, 4.69) is 4.90 Å². The molecule has 0 aromatic carbocycles. The fourth-order valence-electron chi connectivity index (χ4n) is 4.52. The van der Waals surface area contributed by atoms with E-state index in [1.54, 1.807) is 0 Å². The van der Waals surface area contributed by atoms with Gasteiger partial charge in [-0.25, -0.2) is 4.79 Å². The highest BCUT2D eigenvalue weighted by Crippen LogP contribution is 2.65. The standard InChI is InChI=1S/C18H29NO4/c1-13(12-19-10-6-5-7-11-19)22-15(21)18-9-8-17(4,14(20)23-18)16(18,2)3/h13H,5-12H2,1-4H3. The van der Waals surface area contributed by atoms with Crippen molar-refractivity contribution in [3.8, 4) is 0 Å². The minimum absolute atomic E-state index is 0.183. The Labute approximate surface area is 138 Å². The monoisotopic (exact) mass is 323 g/mol. The van der Waals surface area contributed by atoms with Gasteiger partial charge in [-0.1, -0.05) is 20.3 Å². The SMILES string of the molecule is CC(CN1CCCCC1)OC(=O)C12CCC(C)(C(=O)O1)C2(C)C. The second-order valence-corrected chi connectivity index (χ2v) is 8.25. The zero-order valence-corrected chi connectivity index (χ0v) is 14.8. The number of piperidine rings is 1. The van der Waals surface area contributed by atoms with Gasteiger partial charge >= 0.3 is 11.9 Å². The topological polar surface area (TPSA) is 55.8 Å². The number of rotatable bonds is 4. The fourth-order valence-corrected chi connectivity index (χ4v) is 4.52. The Morgan fingerprint density at radius 1 is 1.22 bits per heavy atom. The Kier molecular flexibility index (Phi) is 3.98. The van der Waals surface area contributed by atoms with Crippen LogP contribution in [0.15, 0.2) is 0 Å². The molecule has 0 amide bonds. The number of esters is 2. The van der Waals surface area contributed by atoms with Gasteiger partial charge in [0.1, 0.15) is 6.10 Å². The van der Waals surface area contributed by atoms with Gasteiger partial charge in [-0.15, -0.1) is 0 Å². The first kappa shape index (κ1) is 16.7. The first-order valence-electron chi connectivity index (χ1n) is 8.90. The third kappa shape index (κ3) is 2.31. The highest BCUT2D eigenvalue weighted by molar-refractivity contribution is 5.93. The number of fused-ring (bicyclic) bond motifs is 2. The summed E-state index contributed by atoms with van der Waals surface area (Å²) in [5, 5.41) is 0. The van der Waals surface area contributed by atoms with Gasteiger partial charge in [0.25, 0.3) is 0 Å². The molecule has 2 bridgehead atoms. The first-order valence-corrected chi connectivity index (χ1v) is 8.90. The van der Waals surface area contributed by atoms with Gasteiger partial charge in [0, 0.05) is 12.0 Å². The molecule has 5 heteroatoms. The van der Waals surface area contributed by atoms with Crippen LogP contribution >= 0.6 is 0 Å². The van der Waals surface area contributed by atoms with Crippen molar-refractivity contribution >= 4 is 11.9 Å². The third-order valence-corrected chi connectivity index (χ3v) is 6.69. The number of likely N-dealkylation sites (tertiary alicyclic amines) is 1. The molecule has 3 fully saturated rings. The summed E-state index contributed by atoms with van der Waals surface area (Å²) >= 11 is 0. The van der Waals surface area contributed by atoms with Crippen molar-refractivity contribution in [2.45, 2.75) is 71.5 Å². The van der Waals surface area contributed by atoms with Crippen LogP contribution in [0.2, 0.25) is 0 Å². The van der Waals surface area contributed by atoms with Crippen LogP contribution in [0.4, 0.5) is 0 Å². The predicted octanol–water partition coefficient (Wildman–Crippen LogP) is 2.53. The van der Waals surface area contributed by atoms with Crippen LogP contribution in [0.1, 0.15) is 59.8 Å². The van der Waals surface area contributed by atoms with Gasteiger partial charge < -0.3 is 9.47 Å². The van der Waals surface area contributed by atoms with Gasteiger partial charge in [-0.2, -0.15) is 0 Å². The lowest BCUT2D eigenvalue weighted by molar-refractivity contribution is -0.187. The molecule has 0 aromatic heterocycles. The minimum atomic E-state index is -1.10. The van der Waals surface area contributed by atoms with Crippen LogP contribution in [0.3, 0.4) is 0 Å². The predicted molar refractivity (Wildman–Crippen MR) is 85.8 cm³/mol. The van der Waals surface area contributed by atoms with Crippen LogP contribution in [0.5, 0.6) is 0 Å². The zero-order valence-electron chi connectivity index (χ0n) is 14.8. The highest BCUT2D eigenvalue weighted by Gasteiger charge is 2.76. The van der Waals surface area contributed by atoms with Gasteiger partial charge in [0.05, 0.1) is 5.41 Å². The molecule has 2 aliphatic heterocycles. The van der Waals surface area contributed by atoms with Gasteiger partial charge in [-0.3, -0.25) is 9.69 Å². The molecule has 130 valence electrons. The van der Waals surface area contributed by atoms with Crippen LogP contribution < -0.4 is 0 Å². The maximum absolute atomic E-state index is 12.9. The minimum Gasteiger partial charge on any atom is -0.458 e. The molecule has 0 spiro atoms. The zero-order chi connectivity index (χ0) is 16.9. The molecule has 3 unspecified atom stereocenters. The molecule has 2 saturated heterocycles. The van der Waals surface area contributed by atoms with E-state index in [1.165, 1.54) is 19.3 Å². The summed E-state index contributed by atoms with van der Waals surface area (Å²) < 4.78 is 11.3. The number of ether oxygens (including phenoxy) is 2. The van der Waals surface area contributed by atoms with E-state index in [0.717, 1.165) is 19.6 Å². The van der Waals surface area contributed by atoms with Crippen molar-refractivity contribution in [1.29, 1.82) is 0 Å².